The fourth-order valence-corrected chi connectivity index (χ4v) is 2.37. The van der Waals surface area contributed by atoms with Crippen molar-refractivity contribution in [2.75, 3.05) is 0 Å². The predicted molar refractivity (Wildman–Crippen MR) is 69.0 cm³/mol. The highest BCUT2D eigenvalue weighted by atomic mass is 17.2. The highest BCUT2D eigenvalue weighted by Crippen LogP contribution is 2.28. The molecule has 18 heavy (non-hydrogen) atoms. The molecule has 0 N–H and O–H groups in total. The number of benzene rings is 1. The minimum atomic E-state index is -0.409. The fourth-order valence-electron chi connectivity index (χ4n) is 2.37. The molecule has 0 aliphatic heterocycles. The molecule has 1 fully saturated rings. The van der Waals surface area contributed by atoms with Gasteiger partial charge in [0.1, 0.15) is 6.10 Å². The monoisotopic (exact) mass is 248 g/mol. The fraction of sp³-hybridized carbons (Fsp3) is 0.533. The van der Waals surface area contributed by atoms with Gasteiger partial charge >= 0.3 is 5.97 Å². The topological polar surface area (TPSA) is 35.5 Å². The molecule has 1 aromatic carbocycles. The molecular formula is C15H20O3. The smallest absolute Gasteiger partial charge is 0.293 e. The third-order valence-electron chi connectivity index (χ3n) is 3.64. The molecule has 0 radical (unpaired) electrons. The zero-order chi connectivity index (χ0) is 12.8. The van der Waals surface area contributed by atoms with E-state index in [4.69, 9.17) is 9.78 Å². The summed E-state index contributed by atoms with van der Waals surface area (Å²) in [6.45, 7) is 2.22. The summed E-state index contributed by atoms with van der Waals surface area (Å²) in [5.74, 6) is 0.405. The van der Waals surface area contributed by atoms with Crippen molar-refractivity contribution in [3.05, 3.63) is 35.9 Å². The summed E-state index contributed by atoms with van der Waals surface area (Å²) >= 11 is 0. The van der Waals surface area contributed by atoms with E-state index in [2.05, 4.69) is 6.92 Å². The van der Waals surface area contributed by atoms with E-state index in [9.17, 15) is 4.79 Å². The van der Waals surface area contributed by atoms with Crippen LogP contribution in [0.25, 0.3) is 0 Å². The Kier molecular flexibility index (Phi) is 4.76. The maximum atomic E-state index is 11.7. The van der Waals surface area contributed by atoms with Crippen molar-refractivity contribution in [3.8, 4) is 0 Å². The van der Waals surface area contributed by atoms with Crippen molar-refractivity contribution in [3.63, 3.8) is 0 Å². The van der Waals surface area contributed by atoms with E-state index in [1.54, 1.807) is 12.1 Å². The molecule has 0 atom stereocenters. The molecule has 1 aromatic rings. The summed E-state index contributed by atoms with van der Waals surface area (Å²) in [5.41, 5.74) is 0.528. The highest BCUT2D eigenvalue weighted by molar-refractivity contribution is 5.88. The molecule has 0 amide bonds. The van der Waals surface area contributed by atoms with E-state index in [-0.39, 0.29) is 6.10 Å². The van der Waals surface area contributed by atoms with Crippen LogP contribution in [0.2, 0.25) is 0 Å². The van der Waals surface area contributed by atoms with Crippen molar-refractivity contribution in [2.24, 2.45) is 5.92 Å². The summed E-state index contributed by atoms with van der Waals surface area (Å²) in [7, 11) is 0. The largest absolute Gasteiger partial charge is 0.373 e. The number of carbonyl (C=O) groups is 1. The molecule has 3 nitrogen and oxygen atoms in total. The third kappa shape index (κ3) is 3.57. The van der Waals surface area contributed by atoms with E-state index in [0.29, 0.717) is 5.56 Å². The van der Waals surface area contributed by atoms with E-state index in [1.807, 2.05) is 18.2 Å². The Bertz CT molecular complexity index is 367. The summed E-state index contributed by atoms with van der Waals surface area (Å²) < 4.78 is 0. The second-order valence-corrected chi connectivity index (χ2v) is 4.88. The maximum absolute atomic E-state index is 11.7. The van der Waals surface area contributed by atoms with Crippen molar-refractivity contribution < 1.29 is 14.6 Å². The molecule has 0 saturated heterocycles. The van der Waals surface area contributed by atoms with Gasteiger partial charge in [0.15, 0.2) is 0 Å². The molecule has 98 valence electrons. The van der Waals surface area contributed by atoms with Gasteiger partial charge in [-0.25, -0.2) is 4.79 Å². The van der Waals surface area contributed by atoms with Crippen LogP contribution in [-0.4, -0.2) is 12.1 Å². The van der Waals surface area contributed by atoms with Crippen LogP contribution < -0.4 is 0 Å². The first kappa shape index (κ1) is 13.1. The number of carbonyl (C=O) groups excluding carboxylic acids is 1. The summed E-state index contributed by atoms with van der Waals surface area (Å²) in [6, 6.07) is 8.93. The molecule has 0 spiro atoms. The summed E-state index contributed by atoms with van der Waals surface area (Å²) in [4.78, 5) is 21.8. The molecule has 3 heteroatoms. The molecule has 0 unspecified atom stereocenters. The van der Waals surface area contributed by atoms with Crippen LogP contribution >= 0.6 is 0 Å². The molecule has 0 heterocycles. The minimum Gasteiger partial charge on any atom is -0.293 e. The second-order valence-electron chi connectivity index (χ2n) is 4.88. The lowest BCUT2D eigenvalue weighted by atomic mass is 9.86. The van der Waals surface area contributed by atoms with Crippen molar-refractivity contribution in [1.82, 2.24) is 0 Å². The van der Waals surface area contributed by atoms with E-state index in [0.717, 1.165) is 18.8 Å². The SMILES string of the molecule is CCC1CCC(OOC(=O)c2ccccc2)CC1. The molecule has 1 saturated carbocycles. The van der Waals surface area contributed by atoms with Gasteiger partial charge in [0.2, 0.25) is 0 Å². The first-order valence-corrected chi connectivity index (χ1v) is 6.72. The average Bonchev–Trinajstić information content (AvgIpc) is 2.46. The van der Waals surface area contributed by atoms with E-state index >= 15 is 0 Å². The Morgan fingerprint density at radius 3 is 2.44 bits per heavy atom. The van der Waals surface area contributed by atoms with Crippen LogP contribution in [0.5, 0.6) is 0 Å². The van der Waals surface area contributed by atoms with Gasteiger partial charge in [-0.1, -0.05) is 31.5 Å². The Balaban J connectivity index is 1.74. The Hall–Kier alpha value is -1.35. The van der Waals surface area contributed by atoms with Gasteiger partial charge in [-0.3, -0.25) is 4.89 Å². The first-order valence-electron chi connectivity index (χ1n) is 6.72. The van der Waals surface area contributed by atoms with Crippen LogP contribution in [-0.2, 0) is 9.78 Å². The quantitative estimate of drug-likeness (QED) is 0.601. The molecule has 1 aliphatic rings. The molecule has 0 bridgehead atoms. The van der Waals surface area contributed by atoms with Crippen LogP contribution in [0.4, 0.5) is 0 Å². The van der Waals surface area contributed by atoms with Crippen molar-refractivity contribution >= 4 is 5.97 Å². The Labute approximate surface area is 108 Å². The minimum absolute atomic E-state index is 0.0699. The molecular weight excluding hydrogens is 228 g/mol. The van der Waals surface area contributed by atoms with Crippen LogP contribution in [0.3, 0.4) is 0 Å². The van der Waals surface area contributed by atoms with Crippen molar-refractivity contribution in [2.45, 2.75) is 45.1 Å². The standard InChI is InChI=1S/C15H20O3/c1-2-12-8-10-14(11-9-12)17-18-15(16)13-6-4-3-5-7-13/h3-7,12,14H,2,8-11H2,1H3. The number of hydrogen-bond donors (Lipinski definition) is 0. The lowest BCUT2D eigenvalue weighted by molar-refractivity contribution is -0.280. The summed E-state index contributed by atoms with van der Waals surface area (Å²) in [6.07, 6.45) is 5.62. The average molecular weight is 248 g/mol. The first-order chi connectivity index (χ1) is 8.79. The third-order valence-corrected chi connectivity index (χ3v) is 3.64. The Morgan fingerprint density at radius 1 is 1.17 bits per heavy atom. The van der Waals surface area contributed by atoms with E-state index in [1.165, 1.54) is 19.3 Å². The second kappa shape index (κ2) is 6.55. The van der Waals surface area contributed by atoms with Gasteiger partial charge in [0.25, 0.3) is 0 Å². The predicted octanol–water partition coefficient (Wildman–Crippen LogP) is 3.74. The highest BCUT2D eigenvalue weighted by Gasteiger charge is 2.22. The van der Waals surface area contributed by atoms with Gasteiger partial charge in [0.05, 0.1) is 5.56 Å². The van der Waals surface area contributed by atoms with Crippen LogP contribution in [0.1, 0.15) is 49.4 Å². The maximum Gasteiger partial charge on any atom is 0.373 e. The zero-order valence-corrected chi connectivity index (χ0v) is 10.8. The number of hydrogen-bond acceptors (Lipinski definition) is 3. The Morgan fingerprint density at radius 2 is 1.83 bits per heavy atom. The van der Waals surface area contributed by atoms with E-state index < -0.39 is 5.97 Å². The number of rotatable bonds is 4. The zero-order valence-electron chi connectivity index (χ0n) is 10.8. The van der Waals surface area contributed by atoms with Gasteiger partial charge in [-0.05, 0) is 43.7 Å². The van der Waals surface area contributed by atoms with Crippen LogP contribution in [0, 0.1) is 5.92 Å². The van der Waals surface area contributed by atoms with Gasteiger partial charge < -0.3 is 0 Å². The van der Waals surface area contributed by atoms with Gasteiger partial charge in [0, 0.05) is 0 Å². The normalized spacial score (nSPS) is 23.6. The lowest BCUT2D eigenvalue weighted by Gasteiger charge is -2.26. The van der Waals surface area contributed by atoms with Gasteiger partial charge in [-0.15, -0.1) is 0 Å². The molecule has 1 aliphatic carbocycles. The lowest BCUT2D eigenvalue weighted by Crippen LogP contribution is -2.23. The van der Waals surface area contributed by atoms with Crippen molar-refractivity contribution in [1.29, 1.82) is 0 Å². The summed E-state index contributed by atoms with van der Waals surface area (Å²) in [5, 5.41) is 0. The molecule has 2 rings (SSSR count). The molecule has 0 aromatic heterocycles. The van der Waals surface area contributed by atoms with Gasteiger partial charge in [-0.2, -0.15) is 4.89 Å². The van der Waals surface area contributed by atoms with Crippen LogP contribution in [0.15, 0.2) is 30.3 Å².